The number of hydrogen-bond donors (Lipinski definition) is 2. The summed E-state index contributed by atoms with van der Waals surface area (Å²) in [6, 6.07) is 0. The number of nitrogens with one attached hydrogen (secondary N) is 1. The van der Waals surface area contributed by atoms with Crippen LogP contribution in [0.5, 0.6) is 0 Å². The van der Waals surface area contributed by atoms with Crippen LogP contribution in [-0.2, 0) is 11.2 Å². The molecular weight excluding hydrogens is 296 g/mol. The van der Waals surface area contributed by atoms with Crippen LogP contribution in [0, 0.1) is 0 Å². The zero-order chi connectivity index (χ0) is 14.7. The third-order valence-corrected chi connectivity index (χ3v) is 4.52. The molecule has 0 unspecified atom stereocenters. The topological polar surface area (TPSA) is 98.0 Å². The van der Waals surface area contributed by atoms with E-state index in [0.717, 1.165) is 22.0 Å². The van der Waals surface area contributed by atoms with Gasteiger partial charge in [0.1, 0.15) is 4.88 Å². The molecule has 106 valence electrons. The molecule has 2 aromatic rings. The summed E-state index contributed by atoms with van der Waals surface area (Å²) in [6.07, 6.45) is 1.54. The summed E-state index contributed by atoms with van der Waals surface area (Å²) in [7, 11) is 0. The molecule has 0 bridgehead atoms. The van der Waals surface area contributed by atoms with Crippen molar-refractivity contribution in [3.05, 3.63) is 27.2 Å². The summed E-state index contributed by atoms with van der Waals surface area (Å²) < 4.78 is 0. The number of thiazole rings is 2. The van der Waals surface area contributed by atoms with Crippen molar-refractivity contribution in [1.82, 2.24) is 9.97 Å². The summed E-state index contributed by atoms with van der Waals surface area (Å²) in [6.45, 7) is 4.12. The second-order valence-electron chi connectivity index (χ2n) is 4.45. The molecule has 2 amide bonds. The standard InChI is InChI=1S/C12H14N4O2S2/c1-6(2)11-15-7(5-19-11)3-9(17)16-12-14-4-8(20-12)10(13)18/h4-6H,3H2,1-2H3,(H2,13,18)(H,14,16,17). The largest absolute Gasteiger partial charge is 0.365 e. The van der Waals surface area contributed by atoms with Crippen LogP contribution in [0.15, 0.2) is 11.6 Å². The van der Waals surface area contributed by atoms with Crippen LogP contribution in [0.2, 0.25) is 0 Å². The van der Waals surface area contributed by atoms with E-state index in [-0.39, 0.29) is 12.3 Å². The van der Waals surface area contributed by atoms with Crippen LogP contribution < -0.4 is 11.1 Å². The van der Waals surface area contributed by atoms with E-state index in [0.29, 0.717) is 15.9 Å². The smallest absolute Gasteiger partial charge is 0.260 e. The van der Waals surface area contributed by atoms with Crippen molar-refractivity contribution in [3.63, 3.8) is 0 Å². The molecule has 0 saturated carbocycles. The van der Waals surface area contributed by atoms with Crippen LogP contribution in [0.25, 0.3) is 0 Å². The first-order valence-corrected chi connectivity index (χ1v) is 7.65. The Morgan fingerprint density at radius 2 is 2.20 bits per heavy atom. The number of primary amides is 1. The van der Waals surface area contributed by atoms with E-state index >= 15 is 0 Å². The summed E-state index contributed by atoms with van der Waals surface area (Å²) in [5, 5.41) is 5.89. The number of carbonyl (C=O) groups is 2. The minimum Gasteiger partial charge on any atom is -0.365 e. The minimum absolute atomic E-state index is 0.189. The predicted octanol–water partition coefficient (Wildman–Crippen LogP) is 2.00. The van der Waals surface area contributed by atoms with Gasteiger partial charge in [0, 0.05) is 11.3 Å². The van der Waals surface area contributed by atoms with Gasteiger partial charge in [0.2, 0.25) is 5.91 Å². The molecule has 0 fully saturated rings. The number of rotatable bonds is 5. The summed E-state index contributed by atoms with van der Waals surface area (Å²) in [5.41, 5.74) is 5.86. The Morgan fingerprint density at radius 1 is 1.45 bits per heavy atom. The number of anilines is 1. The fourth-order valence-electron chi connectivity index (χ4n) is 1.44. The highest BCUT2D eigenvalue weighted by atomic mass is 32.1. The second-order valence-corrected chi connectivity index (χ2v) is 6.37. The van der Waals surface area contributed by atoms with Crippen LogP contribution in [0.3, 0.4) is 0 Å². The molecule has 20 heavy (non-hydrogen) atoms. The van der Waals surface area contributed by atoms with Crippen molar-refractivity contribution < 1.29 is 9.59 Å². The van der Waals surface area contributed by atoms with Crippen LogP contribution >= 0.6 is 22.7 Å². The highest BCUT2D eigenvalue weighted by Gasteiger charge is 2.12. The number of hydrogen-bond acceptors (Lipinski definition) is 6. The van der Waals surface area contributed by atoms with Crippen molar-refractivity contribution in [3.8, 4) is 0 Å². The number of aromatic nitrogens is 2. The molecule has 0 aliphatic heterocycles. The lowest BCUT2D eigenvalue weighted by Gasteiger charge is -1.99. The third kappa shape index (κ3) is 3.61. The van der Waals surface area contributed by atoms with Crippen LogP contribution in [0.4, 0.5) is 5.13 Å². The summed E-state index contributed by atoms with van der Waals surface area (Å²) in [4.78, 5) is 31.4. The third-order valence-electron chi connectivity index (χ3n) is 2.40. The Morgan fingerprint density at radius 3 is 2.75 bits per heavy atom. The predicted molar refractivity (Wildman–Crippen MR) is 79.2 cm³/mol. The van der Waals surface area contributed by atoms with Gasteiger partial charge in [-0.3, -0.25) is 9.59 Å². The Kier molecular flexibility index (Phi) is 4.46. The van der Waals surface area contributed by atoms with E-state index in [2.05, 4.69) is 29.1 Å². The van der Waals surface area contributed by atoms with Gasteiger partial charge >= 0.3 is 0 Å². The molecule has 0 aliphatic carbocycles. The minimum atomic E-state index is -0.552. The Labute approximate surface area is 124 Å². The maximum atomic E-state index is 11.8. The number of nitrogens with two attached hydrogens (primary N) is 1. The number of carbonyl (C=O) groups excluding carboxylic acids is 2. The second kappa shape index (κ2) is 6.10. The molecule has 6 nitrogen and oxygen atoms in total. The maximum Gasteiger partial charge on any atom is 0.260 e. The first-order chi connectivity index (χ1) is 9.45. The molecule has 0 aromatic carbocycles. The lowest BCUT2D eigenvalue weighted by atomic mass is 10.2. The average Bonchev–Trinajstić information content (AvgIpc) is 2.98. The van der Waals surface area contributed by atoms with Crippen molar-refractivity contribution in [2.24, 2.45) is 5.73 Å². The molecule has 2 heterocycles. The van der Waals surface area contributed by atoms with Gasteiger partial charge in [0.05, 0.1) is 23.3 Å². The molecule has 0 spiro atoms. The van der Waals surface area contributed by atoms with Crippen LogP contribution in [-0.4, -0.2) is 21.8 Å². The van der Waals surface area contributed by atoms with Gasteiger partial charge in [-0.2, -0.15) is 0 Å². The van der Waals surface area contributed by atoms with E-state index in [9.17, 15) is 9.59 Å². The van der Waals surface area contributed by atoms with Gasteiger partial charge < -0.3 is 11.1 Å². The SMILES string of the molecule is CC(C)c1nc(CC(=O)Nc2ncc(C(N)=O)s2)cs1. The Balaban J connectivity index is 1.95. The molecular formula is C12H14N4O2S2. The van der Waals surface area contributed by atoms with Gasteiger partial charge in [0.25, 0.3) is 5.91 Å². The monoisotopic (exact) mass is 310 g/mol. The number of amides is 2. The van der Waals surface area contributed by atoms with Crippen molar-refractivity contribution in [1.29, 1.82) is 0 Å². The van der Waals surface area contributed by atoms with E-state index < -0.39 is 5.91 Å². The van der Waals surface area contributed by atoms with Crippen molar-refractivity contribution >= 4 is 39.6 Å². The zero-order valence-corrected chi connectivity index (χ0v) is 12.7. The zero-order valence-electron chi connectivity index (χ0n) is 11.0. The average molecular weight is 310 g/mol. The molecule has 0 aliphatic rings. The van der Waals surface area contributed by atoms with Crippen molar-refractivity contribution in [2.75, 3.05) is 5.32 Å². The van der Waals surface area contributed by atoms with Crippen LogP contribution in [0.1, 0.15) is 40.1 Å². The normalized spacial score (nSPS) is 10.8. The lowest BCUT2D eigenvalue weighted by Crippen LogP contribution is -2.14. The van der Waals surface area contributed by atoms with Crippen molar-refractivity contribution in [2.45, 2.75) is 26.2 Å². The number of nitrogens with zero attached hydrogens (tertiary/aromatic N) is 2. The molecule has 2 rings (SSSR count). The molecule has 3 N–H and O–H groups in total. The maximum absolute atomic E-state index is 11.8. The quantitative estimate of drug-likeness (QED) is 0.882. The molecule has 0 saturated heterocycles. The van der Waals surface area contributed by atoms with E-state index in [1.54, 1.807) is 11.3 Å². The highest BCUT2D eigenvalue weighted by molar-refractivity contribution is 7.17. The molecule has 0 atom stereocenters. The van der Waals surface area contributed by atoms with E-state index in [1.807, 2.05) is 5.38 Å². The molecule has 2 aromatic heterocycles. The first kappa shape index (κ1) is 14.6. The van der Waals surface area contributed by atoms with E-state index in [4.69, 9.17) is 5.73 Å². The van der Waals surface area contributed by atoms with Gasteiger partial charge in [0.15, 0.2) is 5.13 Å². The first-order valence-electron chi connectivity index (χ1n) is 5.95. The Hall–Kier alpha value is -1.80. The van der Waals surface area contributed by atoms with Gasteiger partial charge in [-0.25, -0.2) is 9.97 Å². The molecule has 8 heteroatoms. The summed E-state index contributed by atoms with van der Waals surface area (Å²) >= 11 is 2.60. The summed E-state index contributed by atoms with van der Waals surface area (Å²) in [5.74, 6) is -0.408. The molecule has 0 radical (unpaired) electrons. The van der Waals surface area contributed by atoms with Gasteiger partial charge in [-0.1, -0.05) is 25.2 Å². The van der Waals surface area contributed by atoms with Gasteiger partial charge in [-0.05, 0) is 0 Å². The lowest BCUT2D eigenvalue weighted by molar-refractivity contribution is -0.115. The highest BCUT2D eigenvalue weighted by Crippen LogP contribution is 2.20. The van der Waals surface area contributed by atoms with Gasteiger partial charge in [-0.15, -0.1) is 11.3 Å². The Bertz CT molecular complexity index is 633. The van der Waals surface area contributed by atoms with E-state index in [1.165, 1.54) is 6.20 Å². The fourth-order valence-corrected chi connectivity index (χ4v) is 2.96. The fraction of sp³-hybridized carbons (Fsp3) is 0.333.